The average molecular weight is 203 g/mol. The molecule has 3 heteroatoms. The van der Waals surface area contributed by atoms with Crippen molar-refractivity contribution in [2.75, 3.05) is 0 Å². The number of hydrogen-bond donors (Lipinski definition) is 0. The van der Waals surface area contributed by atoms with Crippen molar-refractivity contribution < 1.29 is 4.74 Å². The molecule has 0 amide bonds. The van der Waals surface area contributed by atoms with Crippen LogP contribution in [-0.4, -0.2) is 0 Å². The molecule has 0 spiro atoms. The van der Waals surface area contributed by atoms with Crippen molar-refractivity contribution in [1.82, 2.24) is 0 Å². The second-order valence-corrected chi connectivity index (χ2v) is 3.13. The SMILES string of the molecule is C/C(Cl)=C(\Cl)Oc1ccccc1. The third-order valence-corrected chi connectivity index (χ3v) is 1.85. The van der Waals surface area contributed by atoms with Gasteiger partial charge in [-0.1, -0.05) is 29.8 Å². The summed E-state index contributed by atoms with van der Waals surface area (Å²) < 4.78 is 5.19. The van der Waals surface area contributed by atoms with Crippen LogP contribution in [0.25, 0.3) is 0 Å². The molecule has 1 aromatic rings. The highest BCUT2D eigenvalue weighted by molar-refractivity contribution is 6.38. The van der Waals surface area contributed by atoms with Crippen LogP contribution in [-0.2, 0) is 0 Å². The number of allylic oxidation sites excluding steroid dienone is 1. The Balaban J connectivity index is 2.72. The number of ether oxygens (including phenoxy) is 1. The van der Waals surface area contributed by atoms with E-state index >= 15 is 0 Å². The summed E-state index contributed by atoms with van der Waals surface area (Å²) in [7, 11) is 0. The summed E-state index contributed by atoms with van der Waals surface area (Å²) >= 11 is 11.3. The van der Waals surface area contributed by atoms with Gasteiger partial charge in [0.05, 0.1) is 5.03 Å². The van der Waals surface area contributed by atoms with Crippen LogP contribution < -0.4 is 4.74 Å². The molecule has 0 fully saturated rings. The highest BCUT2D eigenvalue weighted by atomic mass is 35.5. The lowest BCUT2D eigenvalue weighted by Crippen LogP contribution is -1.88. The Morgan fingerprint density at radius 2 is 1.75 bits per heavy atom. The quantitative estimate of drug-likeness (QED) is 0.665. The molecule has 0 saturated heterocycles. The largest absolute Gasteiger partial charge is 0.444 e. The topological polar surface area (TPSA) is 9.23 Å². The molecule has 1 nitrogen and oxygen atoms in total. The summed E-state index contributed by atoms with van der Waals surface area (Å²) in [5.74, 6) is 0.683. The van der Waals surface area contributed by atoms with Crippen LogP contribution in [0.15, 0.2) is 40.6 Å². The summed E-state index contributed by atoms with van der Waals surface area (Å²) in [4.78, 5) is 0. The van der Waals surface area contributed by atoms with Gasteiger partial charge in [-0.15, -0.1) is 0 Å². The molecule has 1 aromatic carbocycles. The molecule has 0 bridgehead atoms. The van der Waals surface area contributed by atoms with E-state index in [1.165, 1.54) is 0 Å². The van der Waals surface area contributed by atoms with Crippen LogP contribution in [0.5, 0.6) is 5.75 Å². The fraction of sp³-hybridized carbons (Fsp3) is 0.111. The first-order valence-corrected chi connectivity index (χ1v) is 4.20. The number of benzene rings is 1. The molecule has 0 aromatic heterocycles. The first kappa shape index (κ1) is 9.43. The van der Waals surface area contributed by atoms with E-state index in [2.05, 4.69) is 0 Å². The van der Waals surface area contributed by atoms with E-state index in [1.54, 1.807) is 6.92 Å². The zero-order chi connectivity index (χ0) is 8.97. The van der Waals surface area contributed by atoms with Gasteiger partial charge in [-0.25, -0.2) is 0 Å². The molecule has 0 radical (unpaired) electrons. The van der Waals surface area contributed by atoms with Crippen molar-refractivity contribution in [2.45, 2.75) is 6.92 Å². The van der Waals surface area contributed by atoms with Gasteiger partial charge in [0.2, 0.25) is 5.22 Å². The van der Waals surface area contributed by atoms with Crippen molar-refractivity contribution in [3.05, 3.63) is 40.6 Å². The first-order chi connectivity index (χ1) is 5.70. The molecule has 0 heterocycles. The maximum atomic E-state index is 5.68. The van der Waals surface area contributed by atoms with Gasteiger partial charge in [0, 0.05) is 0 Å². The van der Waals surface area contributed by atoms with Crippen molar-refractivity contribution in [3.8, 4) is 5.75 Å². The molecule has 0 aliphatic heterocycles. The van der Waals surface area contributed by atoms with E-state index in [1.807, 2.05) is 30.3 Å². The lowest BCUT2D eigenvalue weighted by molar-refractivity contribution is 0.460. The Labute approximate surface area is 81.6 Å². The Bertz CT molecular complexity index is 276. The van der Waals surface area contributed by atoms with Crippen molar-refractivity contribution in [1.29, 1.82) is 0 Å². The first-order valence-electron chi connectivity index (χ1n) is 3.45. The minimum atomic E-state index is 0.211. The van der Waals surface area contributed by atoms with Crippen LogP contribution in [0.1, 0.15) is 6.92 Å². The smallest absolute Gasteiger partial charge is 0.208 e. The Kier molecular flexibility index (Phi) is 3.45. The van der Waals surface area contributed by atoms with Gasteiger partial charge < -0.3 is 4.74 Å². The van der Waals surface area contributed by atoms with Gasteiger partial charge in [0.1, 0.15) is 5.75 Å². The van der Waals surface area contributed by atoms with Crippen molar-refractivity contribution in [3.63, 3.8) is 0 Å². The van der Waals surface area contributed by atoms with Gasteiger partial charge in [-0.05, 0) is 30.7 Å². The van der Waals surface area contributed by atoms with Crippen molar-refractivity contribution in [2.24, 2.45) is 0 Å². The standard InChI is InChI=1S/C9H8Cl2O/c1-7(10)9(11)12-8-5-3-2-4-6-8/h2-6H,1H3/b9-7-. The van der Waals surface area contributed by atoms with E-state index < -0.39 is 0 Å². The Morgan fingerprint density at radius 1 is 1.17 bits per heavy atom. The Morgan fingerprint density at radius 3 is 2.25 bits per heavy atom. The molecule has 0 atom stereocenters. The summed E-state index contributed by atoms with van der Waals surface area (Å²) in [5.41, 5.74) is 0. The van der Waals surface area contributed by atoms with Gasteiger partial charge in [-0.3, -0.25) is 0 Å². The monoisotopic (exact) mass is 202 g/mol. The summed E-state index contributed by atoms with van der Waals surface area (Å²) in [5, 5.41) is 0.656. The average Bonchev–Trinajstić information content (AvgIpc) is 2.06. The van der Waals surface area contributed by atoms with E-state index in [4.69, 9.17) is 27.9 Å². The van der Waals surface area contributed by atoms with Crippen LogP contribution in [0.3, 0.4) is 0 Å². The maximum Gasteiger partial charge on any atom is 0.208 e. The fourth-order valence-electron chi connectivity index (χ4n) is 0.662. The van der Waals surface area contributed by atoms with Gasteiger partial charge in [0.25, 0.3) is 0 Å². The highest BCUT2D eigenvalue weighted by Gasteiger charge is 1.98. The number of rotatable bonds is 2. The Hall–Kier alpha value is -0.660. The lowest BCUT2D eigenvalue weighted by Gasteiger charge is -2.03. The predicted molar refractivity (Wildman–Crippen MR) is 51.5 cm³/mol. The highest BCUT2D eigenvalue weighted by Crippen LogP contribution is 2.19. The van der Waals surface area contributed by atoms with Crippen LogP contribution in [0, 0.1) is 0 Å². The molecule has 0 saturated carbocycles. The minimum Gasteiger partial charge on any atom is -0.444 e. The molecule has 64 valence electrons. The van der Waals surface area contributed by atoms with Crippen LogP contribution >= 0.6 is 23.2 Å². The zero-order valence-corrected chi connectivity index (χ0v) is 8.06. The third-order valence-electron chi connectivity index (χ3n) is 1.22. The molecule has 0 aliphatic carbocycles. The third kappa shape index (κ3) is 2.76. The number of para-hydroxylation sites is 1. The van der Waals surface area contributed by atoms with Gasteiger partial charge in [0.15, 0.2) is 0 Å². The molecular formula is C9H8Cl2O. The second-order valence-electron chi connectivity index (χ2n) is 2.22. The summed E-state index contributed by atoms with van der Waals surface area (Å²) in [6, 6.07) is 9.24. The molecule has 12 heavy (non-hydrogen) atoms. The fourth-order valence-corrected chi connectivity index (χ4v) is 0.790. The predicted octanol–water partition coefficient (Wildman–Crippen LogP) is 3.73. The van der Waals surface area contributed by atoms with Gasteiger partial charge in [-0.2, -0.15) is 0 Å². The summed E-state index contributed by atoms with van der Waals surface area (Å²) in [6.07, 6.45) is 0. The number of halogens is 2. The number of hydrogen-bond acceptors (Lipinski definition) is 1. The normalized spacial score (nSPS) is 12.2. The molecule has 0 unspecified atom stereocenters. The van der Waals surface area contributed by atoms with E-state index in [0.717, 1.165) is 0 Å². The van der Waals surface area contributed by atoms with Crippen LogP contribution in [0.2, 0.25) is 0 Å². The minimum absolute atomic E-state index is 0.211. The summed E-state index contributed by atoms with van der Waals surface area (Å²) in [6.45, 7) is 1.67. The zero-order valence-electron chi connectivity index (χ0n) is 6.55. The molecule has 0 N–H and O–H groups in total. The van der Waals surface area contributed by atoms with E-state index in [-0.39, 0.29) is 5.22 Å². The van der Waals surface area contributed by atoms with E-state index in [0.29, 0.717) is 10.8 Å². The lowest BCUT2D eigenvalue weighted by atomic mass is 10.3. The van der Waals surface area contributed by atoms with Gasteiger partial charge >= 0.3 is 0 Å². The molecule has 1 rings (SSSR count). The maximum absolute atomic E-state index is 5.68. The van der Waals surface area contributed by atoms with E-state index in [9.17, 15) is 0 Å². The second kappa shape index (κ2) is 4.39. The molecule has 0 aliphatic rings. The van der Waals surface area contributed by atoms with Crippen molar-refractivity contribution >= 4 is 23.2 Å². The van der Waals surface area contributed by atoms with Crippen LogP contribution in [0.4, 0.5) is 0 Å². The molecular weight excluding hydrogens is 195 g/mol.